The van der Waals surface area contributed by atoms with Gasteiger partial charge in [-0.1, -0.05) is 15.9 Å². The lowest BCUT2D eigenvalue weighted by Crippen LogP contribution is -2.30. The molecule has 0 saturated carbocycles. The molecule has 1 aromatic heterocycles. The topological polar surface area (TPSA) is 43.8 Å². The lowest BCUT2D eigenvalue weighted by Gasteiger charge is -2.21. The van der Waals surface area contributed by atoms with Gasteiger partial charge >= 0.3 is 0 Å². The first kappa shape index (κ1) is 11.9. The fourth-order valence-corrected chi connectivity index (χ4v) is 2.73. The van der Waals surface area contributed by atoms with Crippen LogP contribution in [0.4, 0.5) is 4.39 Å². The van der Waals surface area contributed by atoms with Crippen molar-refractivity contribution in [2.45, 2.75) is 25.4 Å². The Morgan fingerprint density at radius 1 is 1.44 bits per heavy atom. The molecule has 1 atom stereocenters. The second kappa shape index (κ2) is 4.48. The van der Waals surface area contributed by atoms with Crippen molar-refractivity contribution in [2.75, 3.05) is 0 Å². The number of halogens is 2. The molecule has 0 spiro atoms. The van der Waals surface area contributed by atoms with E-state index >= 15 is 0 Å². The maximum absolute atomic E-state index is 13.9. The second-order valence-electron chi connectivity index (χ2n) is 4.61. The third kappa shape index (κ3) is 1.97. The molecule has 0 fully saturated rings. The molecule has 0 aliphatic carbocycles. The maximum Gasteiger partial charge on any atom is 0.132 e. The Morgan fingerprint density at radius 3 is 3.11 bits per heavy atom. The Hall–Kier alpha value is -1.20. The smallest absolute Gasteiger partial charge is 0.132 e. The zero-order valence-corrected chi connectivity index (χ0v) is 11.3. The predicted octanol–water partition coefficient (Wildman–Crippen LogP) is 2.73. The van der Waals surface area contributed by atoms with Crippen LogP contribution in [-0.4, -0.2) is 15.6 Å². The van der Waals surface area contributed by atoms with E-state index < -0.39 is 0 Å². The van der Waals surface area contributed by atoms with Crippen LogP contribution in [0.15, 0.2) is 29.0 Å². The molecule has 94 valence electrons. The van der Waals surface area contributed by atoms with E-state index in [0.29, 0.717) is 11.3 Å². The number of hydrogen-bond donors (Lipinski definition) is 1. The fourth-order valence-electron chi connectivity index (χ4n) is 2.37. The molecule has 18 heavy (non-hydrogen) atoms. The van der Waals surface area contributed by atoms with Gasteiger partial charge in [-0.25, -0.2) is 9.37 Å². The lowest BCUT2D eigenvalue weighted by molar-refractivity contribution is 0.472. The van der Waals surface area contributed by atoms with E-state index in [1.165, 1.54) is 6.07 Å². The summed E-state index contributed by atoms with van der Waals surface area (Å²) in [6.07, 6.45) is 3.47. The molecular formula is C13H13BrFN3. The molecule has 2 heterocycles. The van der Waals surface area contributed by atoms with Gasteiger partial charge in [-0.3, -0.25) is 0 Å². The van der Waals surface area contributed by atoms with E-state index in [0.717, 1.165) is 29.6 Å². The summed E-state index contributed by atoms with van der Waals surface area (Å²) in [6.45, 7) is 0.860. The average Bonchev–Trinajstić information content (AvgIpc) is 2.75. The van der Waals surface area contributed by atoms with Crippen LogP contribution in [0.25, 0.3) is 11.3 Å². The summed E-state index contributed by atoms with van der Waals surface area (Å²) in [5.74, 6) is -0.251. The highest BCUT2D eigenvalue weighted by molar-refractivity contribution is 9.10. The van der Waals surface area contributed by atoms with Crippen LogP contribution in [0.2, 0.25) is 0 Å². The second-order valence-corrected chi connectivity index (χ2v) is 5.53. The van der Waals surface area contributed by atoms with Crippen molar-refractivity contribution < 1.29 is 4.39 Å². The third-order valence-corrected chi connectivity index (χ3v) is 3.82. The molecule has 1 aliphatic rings. The van der Waals surface area contributed by atoms with Crippen LogP contribution in [0, 0.1) is 5.82 Å². The van der Waals surface area contributed by atoms with Crippen LogP contribution in [0.5, 0.6) is 0 Å². The van der Waals surface area contributed by atoms with Crippen molar-refractivity contribution >= 4 is 15.9 Å². The van der Waals surface area contributed by atoms with Gasteiger partial charge in [0.05, 0.1) is 12.0 Å². The first-order valence-electron chi connectivity index (χ1n) is 5.90. The summed E-state index contributed by atoms with van der Waals surface area (Å²) in [7, 11) is 0. The minimum absolute atomic E-state index is 0.142. The normalized spacial score (nSPS) is 18.7. The van der Waals surface area contributed by atoms with Crippen LogP contribution >= 0.6 is 15.9 Å². The number of nitrogens with two attached hydrogens (primary N) is 1. The van der Waals surface area contributed by atoms with Crippen LogP contribution < -0.4 is 5.73 Å². The van der Waals surface area contributed by atoms with Gasteiger partial charge in [0.25, 0.3) is 0 Å². The Balaban J connectivity index is 2.12. The molecule has 0 amide bonds. The number of fused-ring (bicyclic) bond motifs is 1. The molecule has 0 saturated heterocycles. The first-order valence-corrected chi connectivity index (χ1v) is 6.69. The average molecular weight is 310 g/mol. The lowest BCUT2D eigenvalue weighted by atomic mass is 10.0. The summed E-state index contributed by atoms with van der Waals surface area (Å²) in [6, 6.07) is 5.04. The van der Waals surface area contributed by atoms with E-state index in [1.807, 2.05) is 0 Å². The molecule has 5 heteroatoms. The van der Waals surface area contributed by atoms with Crippen molar-refractivity contribution in [3.8, 4) is 11.3 Å². The van der Waals surface area contributed by atoms with Crippen LogP contribution in [-0.2, 0) is 13.0 Å². The van der Waals surface area contributed by atoms with E-state index in [-0.39, 0.29) is 11.9 Å². The quantitative estimate of drug-likeness (QED) is 0.880. The van der Waals surface area contributed by atoms with Gasteiger partial charge in [0.15, 0.2) is 0 Å². The van der Waals surface area contributed by atoms with Gasteiger partial charge in [0, 0.05) is 34.7 Å². The Labute approximate surface area is 113 Å². The molecule has 2 aromatic rings. The number of aryl methyl sites for hydroxylation is 1. The van der Waals surface area contributed by atoms with E-state index in [9.17, 15) is 4.39 Å². The molecule has 1 unspecified atom stereocenters. The van der Waals surface area contributed by atoms with Crippen LogP contribution in [0.3, 0.4) is 0 Å². The summed E-state index contributed by atoms with van der Waals surface area (Å²) >= 11 is 3.36. The number of hydrogen-bond acceptors (Lipinski definition) is 2. The SMILES string of the molecule is NC1CCn2cnc(-c3cc(Br)ccc3F)c2C1. The summed E-state index contributed by atoms with van der Waals surface area (Å²) in [5.41, 5.74) is 8.26. The predicted molar refractivity (Wildman–Crippen MR) is 71.6 cm³/mol. The van der Waals surface area contributed by atoms with Gasteiger partial charge in [-0.05, 0) is 24.6 Å². The third-order valence-electron chi connectivity index (χ3n) is 3.33. The highest BCUT2D eigenvalue weighted by Gasteiger charge is 2.22. The number of rotatable bonds is 1. The highest BCUT2D eigenvalue weighted by Crippen LogP contribution is 2.30. The van der Waals surface area contributed by atoms with Gasteiger partial charge in [0.1, 0.15) is 5.82 Å². The van der Waals surface area contributed by atoms with Gasteiger partial charge in [-0.2, -0.15) is 0 Å². The van der Waals surface area contributed by atoms with Crippen molar-refractivity contribution in [3.05, 3.63) is 40.5 Å². The Kier molecular flexibility index (Phi) is 2.95. The molecule has 0 bridgehead atoms. The van der Waals surface area contributed by atoms with Crippen LogP contribution in [0.1, 0.15) is 12.1 Å². The molecule has 1 aliphatic heterocycles. The van der Waals surface area contributed by atoms with Crippen molar-refractivity contribution in [2.24, 2.45) is 5.73 Å². The minimum atomic E-state index is -0.251. The molecule has 1 aromatic carbocycles. The monoisotopic (exact) mass is 309 g/mol. The van der Waals surface area contributed by atoms with E-state index in [2.05, 4.69) is 25.5 Å². The fraction of sp³-hybridized carbons (Fsp3) is 0.308. The van der Waals surface area contributed by atoms with Crippen molar-refractivity contribution in [3.63, 3.8) is 0 Å². The number of aromatic nitrogens is 2. The largest absolute Gasteiger partial charge is 0.334 e. The molecule has 2 N–H and O–H groups in total. The molecule has 3 rings (SSSR count). The summed E-state index contributed by atoms with van der Waals surface area (Å²) < 4.78 is 16.8. The molecular weight excluding hydrogens is 297 g/mol. The van der Waals surface area contributed by atoms with Gasteiger partial charge in [-0.15, -0.1) is 0 Å². The Bertz CT molecular complexity index is 594. The highest BCUT2D eigenvalue weighted by atomic mass is 79.9. The van der Waals surface area contributed by atoms with Crippen molar-refractivity contribution in [1.29, 1.82) is 0 Å². The van der Waals surface area contributed by atoms with Gasteiger partial charge in [0.2, 0.25) is 0 Å². The Morgan fingerprint density at radius 2 is 2.28 bits per heavy atom. The standard InChI is InChI=1S/C13H13BrFN3/c14-8-1-2-11(15)10(5-8)13-12-6-9(16)3-4-18(12)7-17-13/h1-2,5,7,9H,3-4,6,16H2. The van der Waals surface area contributed by atoms with E-state index in [4.69, 9.17) is 5.73 Å². The molecule has 0 radical (unpaired) electrons. The summed E-state index contributed by atoms with van der Waals surface area (Å²) in [4.78, 5) is 4.35. The minimum Gasteiger partial charge on any atom is -0.334 e. The maximum atomic E-state index is 13.9. The number of nitrogens with zero attached hydrogens (tertiary/aromatic N) is 2. The van der Waals surface area contributed by atoms with E-state index in [1.54, 1.807) is 18.5 Å². The first-order chi connectivity index (χ1) is 8.65. The van der Waals surface area contributed by atoms with Gasteiger partial charge < -0.3 is 10.3 Å². The van der Waals surface area contributed by atoms with Crippen molar-refractivity contribution in [1.82, 2.24) is 9.55 Å². The number of benzene rings is 1. The zero-order valence-electron chi connectivity index (χ0n) is 9.74. The summed E-state index contributed by atoms with van der Waals surface area (Å²) in [5, 5.41) is 0. The zero-order chi connectivity index (χ0) is 12.7. The number of imidazole rings is 1. The molecule has 3 nitrogen and oxygen atoms in total.